The van der Waals surface area contributed by atoms with Crippen LogP contribution in [0.3, 0.4) is 0 Å². The number of hydrogen-bond acceptors (Lipinski definition) is 6. The van der Waals surface area contributed by atoms with Crippen LogP contribution < -0.4 is 15.5 Å². The number of fused-ring (bicyclic) bond motifs is 1. The summed E-state index contributed by atoms with van der Waals surface area (Å²) in [5.41, 5.74) is 2.27. The van der Waals surface area contributed by atoms with E-state index in [1.807, 2.05) is 31.1 Å². The van der Waals surface area contributed by atoms with E-state index < -0.39 is 0 Å². The molecule has 29 heavy (non-hydrogen) atoms. The van der Waals surface area contributed by atoms with Gasteiger partial charge in [-0.1, -0.05) is 0 Å². The van der Waals surface area contributed by atoms with Crippen LogP contribution in [0.1, 0.15) is 23.2 Å². The highest BCUT2D eigenvalue weighted by Gasteiger charge is 2.32. The second-order valence-corrected chi connectivity index (χ2v) is 7.98. The van der Waals surface area contributed by atoms with E-state index in [9.17, 15) is 9.59 Å². The molecule has 0 atom stereocenters. The van der Waals surface area contributed by atoms with Crippen LogP contribution in [0.4, 0.5) is 5.95 Å². The van der Waals surface area contributed by atoms with Gasteiger partial charge in [-0.25, -0.2) is 4.98 Å². The molecular weight excluding hydrogens is 372 g/mol. The fourth-order valence-corrected chi connectivity index (χ4v) is 3.71. The van der Waals surface area contributed by atoms with Gasteiger partial charge in [0, 0.05) is 44.8 Å². The van der Waals surface area contributed by atoms with Gasteiger partial charge in [0.25, 0.3) is 5.91 Å². The lowest BCUT2D eigenvalue weighted by atomic mass is 9.86. The minimum absolute atomic E-state index is 0.0445. The number of imidazole rings is 1. The summed E-state index contributed by atoms with van der Waals surface area (Å²) in [5, 5.41) is 6.10. The molecule has 1 saturated carbocycles. The minimum Gasteiger partial charge on any atom is -0.379 e. The van der Waals surface area contributed by atoms with Crippen molar-refractivity contribution in [2.75, 3.05) is 51.8 Å². The molecule has 4 rings (SSSR count). The normalized spacial score (nSPS) is 22.1. The second kappa shape index (κ2) is 8.38. The van der Waals surface area contributed by atoms with Crippen molar-refractivity contribution in [3.05, 3.63) is 23.8 Å². The number of H-pyrrole nitrogens is 1. The lowest BCUT2D eigenvalue weighted by Gasteiger charge is -2.37. The number of nitrogens with one attached hydrogen (secondary N) is 3. The Kier molecular flexibility index (Phi) is 5.68. The van der Waals surface area contributed by atoms with Crippen molar-refractivity contribution >= 4 is 28.8 Å². The topological polar surface area (TPSA) is 103 Å². The van der Waals surface area contributed by atoms with Crippen molar-refractivity contribution in [1.82, 2.24) is 25.5 Å². The van der Waals surface area contributed by atoms with E-state index in [0.29, 0.717) is 25.3 Å². The van der Waals surface area contributed by atoms with Crippen LogP contribution in [0.2, 0.25) is 0 Å². The molecule has 2 heterocycles. The highest BCUT2D eigenvalue weighted by atomic mass is 16.5. The monoisotopic (exact) mass is 400 g/mol. The number of hydrogen-bond donors (Lipinski definition) is 3. The fraction of sp³-hybridized carbons (Fsp3) is 0.550. The maximum absolute atomic E-state index is 12.6. The minimum atomic E-state index is -0.101. The van der Waals surface area contributed by atoms with E-state index in [4.69, 9.17) is 4.74 Å². The summed E-state index contributed by atoms with van der Waals surface area (Å²) in [6.45, 7) is 3.38. The van der Waals surface area contributed by atoms with Gasteiger partial charge in [-0.05, 0) is 31.0 Å². The van der Waals surface area contributed by atoms with Crippen LogP contribution in [0.25, 0.3) is 11.0 Å². The third-order valence-electron chi connectivity index (χ3n) is 5.46. The number of aromatic amines is 1. The van der Waals surface area contributed by atoms with Crippen LogP contribution in [0, 0.1) is 0 Å². The zero-order valence-electron chi connectivity index (χ0n) is 16.9. The Bertz CT molecular complexity index is 883. The molecule has 2 aromatic rings. The summed E-state index contributed by atoms with van der Waals surface area (Å²) in [5.74, 6) is 0.700. The van der Waals surface area contributed by atoms with E-state index in [2.05, 4.69) is 25.5 Å². The summed E-state index contributed by atoms with van der Waals surface area (Å²) in [7, 11) is 3.83. The molecule has 2 fully saturated rings. The Morgan fingerprint density at radius 3 is 2.66 bits per heavy atom. The third kappa shape index (κ3) is 4.68. The predicted molar refractivity (Wildman–Crippen MR) is 110 cm³/mol. The van der Waals surface area contributed by atoms with Crippen molar-refractivity contribution in [2.45, 2.75) is 24.9 Å². The summed E-state index contributed by atoms with van der Waals surface area (Å²) < 4.78 is 5.30. The number of morpholine rings is 1. The highest BCUT2D eigenvalue weighted by molar-refractivity contribution is 5.97. The Hall–Kier alpha value is -2.65. The molecule has 1 saturated heterocycles. The second-order valence-electron chi connectivity index (χ2n) is 7.98. The van der Waals surface area contributed by atoms with Crippen molar-refractivity contribution in [3.8, 4) is 0 Å². The first-order valence-electron chi connectivity index (χ1n) is 10.1. The summed E-state index contributed by atoms with van der Waals surface area (Å²) >= 11 is 0. The highest BCUT2D eigenvalue weighted by Crippen LogP contribution is 2.22. The summed E-state index contributed by atoms with van der Waals surface area (Å²) in [6.07, 6.45) is 1.52. The lowest BCUT2D eigenvalue weighted by molar-refractivity contribution is -0.124. The zero-order chi connectivity index (χ0) is 20.4. The zero-order valence-corrected chi connectivity index (χ0v) is 16.9. The molecular formula is C20H28N6O3. The SMILES string of the molecule is CN(C)c1nc2ccc(C(=O)NC3CC(NC(=O)CN4CCOCC4)C3)cc2[nH]1. The van der Waals surface area contributed by atoms with Gasteiger partial charge in [0.05, 0.1) is 30.8 Å². The van der Waals surface area contributed by atoms with Crippen molar-refractivity contribution in [1.29, 1.82) is 0 Å². The van der Waals surface area contributed by atoms with Gasteiger partial charge in [-0.15, -0.1) is 0 Å². The van der Waals surface area contributed by atoms with Gasteiger partial charge in [-0.3, -0.25) is 14.5 Å². The number of anilines is 1. The van der Waals surface area contributed by atoms with Crippen LogP contribution >= 0.6 is 0 Å². The molecule has 0 unspecified atom stereocenters. The molecule has 9 nitrogen and oxygen atoms in total. The first-order chi connectivity index (χ1) is 14.0. The van der Waals surface area contributed by atoms with Crippen molar-refractivity contribution in [3.63, 3.8) is 0 Å². The van der Waals surface area contributed by atoms with E-state index >= 15 is 0 Å². The maximum Gasteiger partial charge on any atom is 0.251 e. The van der Waals surface area contributed by atoms with Gasteiger partial charge in [-0.2, -0.15) is 0 Å². The van der Waals surface area contributed by atoms with Gasteiger partial charge < -0.3 is 25.3 Å². The van der Waals surface area contributed by atoms with Crippen molar-refractivity contribution in [2.24, 2.45) is 0 Å². The molecule has 1 aromatic heterocycles. The average molecular weight is 400 g/mol. The van der Waals surface area contributed by atoms with E-state index in [0.717, 1.165) is 42.9 Å². The number of amides is 2. The Labute approximate surface area is 169 Å². The molecule has 1 aromatic carbocycles. The molecule has 2 aliphatic rings. The van der Waals surface area contributed by atoms with Gasteiger partial charge in [0.15, 0.2) is 0 Å². The summed E-state index contributed by atoms with van der Waals surface area (Å²) in [6, 6.07) is 5.68. The molecule has 1 aliphatic heterocycles. The first-order valence-corrected chi connectivity index (χ1v) is 10.1. The summed E-state index contributed by atoms with van der Waals surface area (Å²) in [4.78, 5) is 36.4. The van der Waals surface area contributed by atoms with Gasteiger partial charge in [0.1, 0.15) is 0 Å². The number of nitrogens with zero attached hydrogens (tertiary/aromatic N) is 3. The number of carbonyl (C=O) groups excluding carboxylic acids is 2. The van der Waals surface area contributed by atoms with Gasteiger partial charge >= 0.3 is 0 Å². The standard InChI is InChI=1S/C20H28N6O3/c1-25(2)20-23-16-4-3-13(9-17(16)24-20)19(28)22-15-10-14(11-15)21-18(27)12-26-5-7-29-8-6-26/h3-4,9,14-15H,5-8,10-12H2,1-2H3,(H,21,27)(H,22,28)(H,23,24). The number of rotatable bonds is 6. The molecule has 3 N–H and O–H groups in total. The smallest absolute Gasteiger partial charge is 0.251 e. The molecule has 156 valence electrons. The first kappa shape index (κ1) is 19.7. The largest absolute Gasteiger partial charge is 0.379 e. The van der Waals surface area contributed by atoms with E-state index in [1.54, 1.807) is 6.07 Å². The molecule has 1 aliphatic carbocycles. The molecule has 0 bridgehead atoms. The Morgan fingerprint density at radius 2 is 1.93 bits per heavy atom. The number of ether oxygens (including phenoxy) is 1. The lowest BCUT2D eigenvalue weighted by Crippen LogP contribution is -2.55. The number of carbonyl (C=O) groups is 2. The Balaban J connectivity index is 1.24. The molecule has 0 radical (unpaired) electrons. The van der Waals surface area contributed by atoms with Crippen LogP contribution in [-0.2, 0) is 9.53 Å². The van der Waals surface area contributed by atoms with Gasteiger partial charge in [0.2, 0.25) is 11.9 Å². The fourth-order valence-electron chi connectivity index (χ4n) is 3.71. The number of aromatic nitrogens is 2. The maximum atomic E-state index is 12.6. The molecule has 0 spiro atoms. The van der Waals surface area contributed by atoms with Crippen LogP contribution in [0.5, 0.6) is 0 Å². The van der Waals surface area contributed by atoms with Crippen LogP contribution in [-0.4, -0.2) is 85.7 Å². The average Bonchev–Trinajstić information content (AvgIpc) is 3.10. The van der Waals surface area contributed by atoms with E-state index in [1.165, 1.54) is 0 Å². The number of benzene rings is 1. The Morgan fingerprint density at radius 1 is 1.21 bits per heavy atom. The molecule has 2 amide bonds. The van der Waals surface area contributed by atoms with E-state index in [-0.39, 0.29) is 23.9 Å². The van der Waals surface area contributed by atoms with Crippen LogP contribution in [0.15, 0.2) is 18.2 Å². The molecule has 9 heteroatoms. The predicted octanol–water partition coefficient (Wildman–Crippen LogP) is 0.338. The van der Waals surface area contributed by atoms with Crippen molar-refractivity contribution < 1.29 is 14.3 Å². The quantitative estimate of drug-likeness (QED) is 0.646. The third-order valence-corrected chi connectivity index (χ3v) is 5.46.